The van der Waals surface area contributed by atoms with Gasteiger partial charge >= 0.3 is 0 Å². The maximum atomic E-state index is 12.4. The first-order chi connectivity index (χ1) is 9.22. The second kappa shape index (κ2) is 3.97. The van der Waals surface area contributed by atoms with Gasteiger partial charge in [-0.25, -0.2) is 0 Å². The lowest BCUT2D eigenvalue weighted by molar-refractivity contribution is 1.44. The molecule has 0 spiro atoms. The lowest BCUT2D eigenvalue weighted by Gasteiger charge is -2.03. The van der Waals surface area contributed by atoms with E-state index < -0.39 is 0 Å². The number of H-pyrrole nitrogens is 1. The normalized spacial score (nSPS) is 10.2. The van der Waals surface area contributed by atoms with Gasteiger partial charge in [0.15, 0.2) is 5.43 Å². The number of aromatic nitrogens is 1. The van der Waals surface area contributed by atoms with E-state index in [9.17, 15) is 4.79 Å². The molecule has 3 aromatic rings. The largest absolute Gasteiger partial charge is 0.354 e. The first kappa shape index (κ1) is 11.0. The van der Waals surface area contributed by atoms with E-state index in [4.69, 9.17) is 10.5 Å². The summed E-state index contributed by atoms with van der Waals surface area (Å²) in [4.78, 5) is 15.5. The molecule has 1 heterocycles. The summed E-state index contributed by atoms with van der Waals surface area (Å²) in [7, 11) is 0. The zero-order valence-electron chi connectivity index (χ0n) is 9.77. The fraction of sp³-hybridized carbons (Fsp3) is 0. The standard InChI is InChI=1S/C15H7N3O/c16-7-9-1-3-13-11(5-9)15(19)12-6-10(8-17)2-4-14(12)18-13/h1-6H,(H,18,19). The third-order valence-electron chi connectivity index (χ3n) is 3.06. The number of aromatic amines is 1. The maximum absolute atomic E-state index is 12.4. The number of hydrogen-bond acceptors (Lipinski definition) is 3. The molecular formula is C15H7N3O. The minimum atomic E-state index is -0.169. The van der Waals surface area contributed by atoms with Crippen molar-refractivity contribution in [2.24, 2.45) is 0 Å². The average molecular weight is 245 g/mol. The molecule has 0 saturated heterocycles. The Morgan fingerprint density at radius 1 is 0.842 bits per heavy atom. The monoisotopic (exact) mass is 245 g/mol. The Hall–Kier alpha value is -3.11. The molecule has 0 radical (unpaired) electrons. The van der Waals surface area contributed by atoms with Gasteiger partial charge in [-0.1, -0.05) is 0 Å². The van der Waals surface area contributed by atoms with Crippen LogP contribution in [0.25, 0.3) is 21.8 Å². The van der Waals surface area contributed by atoms with E-state index in [1.54, 1.807) is 36.4 Å². The Bertz CT molecular complexity index is 880. The van der Waals surface area contributed by atoms with Crippen LogP contribution in [0.15, 0.2) is 41.2 Å². The van der Waals surface area contributed by atoms with Crippen LogP contribution in [0.4, 0.5) is 0 Å². The van der Waals surface area contributed by atoms with Crippen LogP contribution >= 0.6 is 0 Å². The van der Waals surface area contributed by atoms with Crippen molar-refractivity contribution in [1.29, 1.82) is 10.5 Å². The lowest BCUT2D eigenvalue weighted by Crippen LogP contribution is -2.04. The van der Waals surface area contributed by atoms with Crippen molar-refractivity contribution in [2.45, 2.75) is 0 Å². The number of nitrogens with zero attached hydrogens (tertiary/aromatic N) is 2. The molecule has 4 heteroatoms. The van der Waals surface area contributed by atoms with E-state index in [-0.39, 0.29) is 5.43 Å². The van der Waals surface area contributed by atoms with Gasteiger partial charge in [-0.2, -0.15) is 10.5 Å². The summed E-state index contributed by atoms with van der Waals surface area (Å²) in [5.41, 5.74) is 2.07. The van der Waals surface area contributed by atoms with Crippen LogP contribution in [0.3, 0.4) is 0 Å². The zero-order valence-corrected chi connectivity index (χ0v) is 9.77. The lowest BCUT2D eigenvalue weighted by atomic mass is 10.1. The molecule has 4 nitrogen and oxygen atoms in total. The van der Waals surface area contributed by atoms with Crippen molar-refractivity contribution >= 4 is 21.8 Å². The smallest absolute Gasteiger partial charge is 0.197 e. The Morgan fingerprint density at radius 2 is 1.32 bits per heavy atom. The zero-order chi connectivity index (χ0) is 13.4. The number of nitriles is 2. The van der Waals surface area contributed by atoms with Crippen LogP contribution in [-0.2, 0) is 0 Å². The molecule has 0 amide bonds. The summed E-state index contributed by atoms with van der Waals surface area (Å²) >= 11 is 0. The van der Waals surface area contributed by atoms with Gasteiger partial charge in [-0.05, 0) is 36.4 Å². The molecular weight excluding hydrogens is 238 g/mol. The Balaban J connectivity index is 2.51. The molecule has 0 fully saturated rings. The Kier molecular flexibility index (Phi) is 2.30. The third kappa shape index (κ3) is 1.64. The number of benzene rings is 2. The molecule has 1 aromatic heterocycles. The highest BCUT2D eigenvalue weighted by molar-refractivity contribution is 5.93. The maximum Gasteiger partial charge on any atom is 0.197 e. The van der Waals surface area contributed by atoms with Gasteiger partial charge in [0, 0.05) is 21.8 Å². The number of fused-ring (bicyclic) bond motifs is 2. The van der Waals surface area contributed by atoms with Crippen molar-refractivity contribution in [1.82, 2.24) is 4.98 Å². The molecule has 1 N–H and O–H groups in total. The van der Waals surface area contributed by atoms with Gasteiger partial charge in [0.1, 0.15) is 0 Å². The van der Waals surface area contributed by atoms with Crippen molar-refractivity contribution in [3.63, 3.8) is 0 Å². The fourth-order valence-corrected chi connectivity index (χ4v) is 2.11. The van der Waals surface area contributed by atoms with E-state index >= 15 is 0 Å². The second-order valence-electron chi connectivity index (χ2n) is 4.20. The summed E-state index contributed by atoms with van der Waals surface area (Å²) < 4.78 is 0. The predicted octanol–water partition coefficient (Wildman–Crippen LogP) is 2.42. The average Bonchev–Trinajstić information content (AvgIpc) is 2.47. The van der Waals surface area contributed by atoms with Gasteiger partial charge in [0.25, 0.3) is 0 Å². The first-order valence-corrected chi connectivity index (χ1v) is 5.63. The minimum absolute atomic E-state index is 0.169. The predicted molar refractivity (Wildman–Crippen MR) is 71.5 cm³/mol. The highest BCUT2D eigenvalue weighted by Gasteiger charge is 2.07. The molecule has 0 bridgehead atoms. The first-order valence-electron chi connectivity index (χ1n) is 5.63. The van der Waals surface area contributed by atoms with Crippen molar-refractivity contribution in [2.75, 3.05) is 0 Å². The van der Waals surface area contributed by atoms with Gasteiger partial charge in [-0.15, -0.1) is 0 Å². The molecule has 3 rings (SSSR count). The Morgan fingerprint density at radius 3 is 1.74 bits per heavy atom. The van der Waals surface area contributed by atoms with Gasteiger partial charge in [0.05, 0.1) is 23.3 Å². The van der Waals surface area contributed by atoms with E-state index in [2.05, 4.69) is 4.98 Å². The summed E-state index contributed by atoms with van der Waals surface area (Å²) in [6, 6.07) is 13.9. The summed E-state index contributed by atoms with van der Waals surface area (Å²) in [5, 5.41) is 18.7. The van der Waals surface area contributed by atoms with Crippen molar-refractivity contribution < 1.29 is 0 Å². The second-order valence-corrected chi connectivity index (χ2v) is 4.20. The van der Waals surface area contributed by atoms with E-state index in [1.807, 2.05) is 12.1 Å². The highest BCUT2D eigenvalue weighted by Crippen LogP contribution is 2.17. The molecule has 0 aliphatic carbocycles. The fourth-order valence-electron chi connectivity index (χ4n) is 2.11. The summed E-state index contributed by atoms with van der Waals surface area (Å²) in [6.07, 6.45) is 0. The van der Waals surface area contributed by atoms with Crippen LogP contribution in [0.1, 0.15) is 11.1 Å². The summed E-state index contributed by atoms with van der Waals surface area (Å²) in [5.74, 6) is 0. The van der Waals surface area contributed by atoms with E-state index in [0.717, 1.165) is 0 Å². The van der Waals surface area contributed by atoms with Crippen molar-refractivity contribution in [3.05, 3.63) is 57.7 Å². The molecule has 0 aliphatic rings. The summed E-state index contributed by atoms with van der Waals surface area (Å²) in [6.45, 7) is 0. The number of hydrogen-bond donors (Lipinski definition) is 1. The Labute approximate surface area is 108 Å². The van der Waals surface area contributed by atoms with Gasteiger partial charge in [-0.3, -0.25) is 4.79 Å². The molecule has 0 saturated carbocycles. The molecule has 19 heavy (non-hydrogen) atoms. The van der Waals surface area contributed by atoms with Gasteiger partial charge in [0.2, 0.25) is 0 Å². The minimum Gasteiger partial charge on any atom is -0.354 e. The molecule has 0 atom stereocenters. The van der Waals surface area contributed by atoms with Crippen LogP contribution < -0.4 is 5.43 Å². The van der Waals surface area contributed by atoms with Crippen LogP contribution in [0, 0.1) is 22.7 Å². The number of rotatable bonds is 0. The SMILES string of the molecule is N#Cc1ccc2[nH]c3ccc(C#N)cc3c(=O)c2c1. The number of pyridine rings is 1. The topological polar surface area (TPSA) is 80.4 Å². The third-order valence-corrected chi connectivity index (χ3v) is 3.06. The van der Waals surface area contributed by atoms with Crippen LogP contribution in [0.2, 0.25) is 0 Å². The highest BCUT2D eigenvalue weighted by atomic mass is 16.1. The number of nitrogens with one attached hydrogen (secondary N) is 1. The van der Waals surface area contributed by atoms with E-state index in [1.165, 1.54) is 0 Å². The molecule has 0 aliphatic heterocycles. The van der Waals surface area contributed by atoms with E-state index in [0.29, 0.717) is 32.9 Å². The molecule has 88 valence electrons. The van der Waals surface area contributed by atoms with Crippen molar-refractivity contribution in [3.8, 4) is 12.1 Å². The van der Waals surface area contributed by atoms with Gasteiger partial charge < -0.3 is 4.98 Å². The van der Waals surface area contributed by atoms with Crippen LogP contribution in [-0.4, -0.2) is 4.98 Å². The van der Waals surface area contributed by atoms with Crippen LogP contribution in [0.5, 0.6) is 0 Å². The molecule has 0 unspecified atom stereocenters. The quantitative estimate of drug-likeness (QED) is 0.617. The molecule has 2 aromatic carbocycles.